The van der Waals surface area contributed by atoms with Gasteiger partial charge in [-0.15, -0.1) is 0 Å². The first-order valence-electron chi connectivity index (χ1n) is 5.08. The normalized spacial score (nSPS) is 11.4. The third-order valence-corrected chi connectivity index (χ3v) is 2.98. The monoisotopic (exact) mass is 232 g/mol. The number of para-hydroxylation sites is 1. The highest BCUT2D eigenvalue weighted by molar-refractivity contribution is 6.08. The van der Waals surface area contributed by atoms with E-state index in [4.69, 9.17) is 5.11 Å². The summed E-state index contributed by atoms with van der Waals surface area (Å²) in [6.45, 7) is 0. The lowest BCUT2D eigenvalue weighted by molar-refractivity contribution is 0.0691. The molecule has 0 radical (unpaired) electrons. The maximum Gasteiger partial charge on any atom is 0.352 e. The second kappa shape index (κ2) is 3.10. The largest absolute Gasteiger partial charge is 0.477 e. The molecule has 4 nitrogen and oxygen atoms in total. The van der Waals surface area contributed by atoms with E-state index in [1.54, 1.807) is 23.7 Å². The van der Waals surface area contributed by atoms with Gasteiger partial charge in [0.1, 0.15) is 11.5 Å². The SMILES string of the molecule is Cn1c2cc(C(=O)O)[nH]c2c2cccc(F)c21. The van der Waals surface area contributed by atoms with E-state index < -0.39 is 5.97 Å². The van der Waals surface area contributed by atoms with Crippen LogP contribution in [0.1, 0.15) is 10.5 Å². The topological polar surface area (TPSA) is 58.0 Å². The fourth-order valence-corrected chi connectivity index (χ4v) is 2.21. The molecule has 3 aromatic rings. The molecule has 0 saturated heterocycles. The number of aromatic carboxylic acids is 1. The molecule has 0 aliphatic carbocycles. The van der Waals surface area contributed by atoms with E-state index in [-0.39, 0.29) is 11.5 Å². The maximum absolute atomic E-state index is 13.7. The van der Waals surface area contributed by atoms with Gasteiger partial charge < -0.3 is 14.7 Å². The summed E-state index contributed by atoms with van der Waals surface area (Å²) in [6.07, 6.45) is 0. The number of hydrogen-bond acceptors (Lipinski definition) is 1. The number of carboxylic acids is 1. The number of carbonyl (C=O) groups is 1. The van der Waals surface area contributed by atoms with Gasteiger partial charge in [-0.05, 0) is 12.1 Å². The number of fused-ring (bicyclic) bond motifs is 3. The highest BCUT2D eigenvalue weighted by Crippen LogP contribution is 2.29. The lowest BCUT2D eigenvalue weighted by Gasteiger charge is -1.98. The van der Waals surface area contributed by atoms with Crippen molar-refractivity contribution in [1.29, 1.82) is 0 Å². The highest BCUT2D eigenvalue weighted by atomic mass is 19.1. The van der Waals surface area contributed by atoms with Crippen LogP contribution in [0.2, 0.25) is 0 Å². The Balaban J connectivity index is 2.51. The molecule has 2 aromatic heterocycles. The second-order valence-electron chi connectivity index (χ2n) is 3.94. The lowest BCUT2D eigenvalue weighted by atomic mass is 10.2. The van der Waals surface area contributed by atoms with Crippen LogP contribution in [0.4, 0.5) is 4.39 Å². The van der Waals surface area contributed by atoms with Crippen LogP contribution >= 0.6 is 0 Å². The third kappa shape index (κ3) is 1.19. The smallest absolute Gasteiger partial charge is 0.352 e. The Bertz CT molecular complexity index is 755. The fraction of sp³-hybridized carbons (Fsp3) is 0.0833. The maximum atomic E-state index is 13.7. The first kappa shape index (κ1) is 9.89. The summed E-state index contributed by atoms with van der Waals surface area (Å²) < 4.78 is 15.3. The summed E-state index contributed by atoms with van der Waals surface area (Å²) in [5.41, 5.74) is 1.92. The molecule has 0 saturated carbocycles. The van der Waals surface area contributed by atoms with E-state index in [1.807, 2.05) is 0 Å². The quantitative estimate of drug-likeness (QED) is 0.677. The van der Waals surface area contributed by atoms with Gasteiger partial charge in [-0.3, -0.25) is 0 Å². The molecular weight excluding hydrogens is 223 g/mol. The molecule has 0 spiro atoms. The molecule has 5 heteroatoms. The zero-order valence-corrected chi connectivity index (χ0v) is 8.99. The first-order chi connectivity index (χ1) is 8.09. The third-order valence-electron chi connectivity index (χ3n) is 2.98. The van der Waals surface area contributed by atoms with Crippen molar-refractivity contribution in [3.63, 3.8) is 0 Å². The van der Waals surface area contributed by atoms with Gasteiger partial charge in [-0.2, -0.15) is 0 Å². The van der Waals surface area contributed by atoms with Crippen LogP contribution in [0, 0.1) is 5.82 Å². The van der Waals surface area contributed by atoms with Crippen LogP contribution in [0.5, 0.6) is 0 Å². The summed E-state index contributed by atoms with van der Waals surface area (Å²) >= 11 is 0. The van der Waals surface area contributed by atoms with Crippen molar-refractivity contribution >= 4 is 27.9 Å². The van der Waals surface area contributed by atoms with Crippen LogP contribution in [0.3, 0.4) is 0 Å². The number of hydrogen-bond donors (Lipinski definition) is 2. The molecule has 3 rings (SSSR count). The number of benzene rings is 1. The number of nitrogens with zero attached hydrogens (tertiary/aromatic N) is 1. The Hall–Kier alpha value is -2.30. The minimum absolute atomic E-state index is 0.108. The van der Waals surface area contributed by atoms with Crippen LogP contribution < -0.4 is 0 Å². The molecule has 0 amide bonds. The summed E-state index contributed by atoms with van der Waals surface area (Å²) in [7, 11) is 1.72. The Morgan fingerprint density at radius 1 is 1.47 bits per heavy atom. The molecule has 86 valence electrons. The lowest BCUT2D eigenvalue weighted by Crippen LogP contribution is -1.96. The first-order valence-corrected chi connectivity index (χ1v) is 5.08. The van der Waals surface area contributed by atoms with Gasteiger partial charge in [0.2, 0.25) is 0 Å². The van der Waals surface area contributed by atoms with Gasteiger partial charge in [0.15, 0.2) is 0 Å². The van der Waals surface area contributed by atoms with Gasteiger partial charge in [0, 0.05) is 12.4 Å². The van der Waals surface area contributed by atoms with Crippen LogP contribution in [0.25, 0.3) is 21.9 Å². The molecule has 2 heterocycles. The van der Waals surface area contributed by atoms with Gasteiger partial charge in [-0.1, -0.05) is 12.1 Å². The average molecular weight is 232 g/mol. The van der Waals surface area contributed by atoms with E-state index in [9.17, 15) is 9.18 Å². The number of aromatic nitrogens is 2. The number of halogens is 1. The molecule has 0 aliphatic heterocycles. The van der Waals surface area contributed by atoms with Crippen LogP contribution in [0.15, 0.2) is 24.3 Å². The predicted molar refractivity (Wildman–Crippen MR) is 61.7 cm³/mol. The molecule has 1 aromatic carbocycles. The highest BCUT2D eigenvalue weighted by Gasteiger charge is 2.16. The molecule has 17 heavy (non-hydrogen) atoms. The molecule has 0 unspecified atom stereocenters. The molecular formula is C12H9FN2O2. The Morgan fingerprint density at radius 2 is 2.24 bits per heavy atom. The van der Waals surface area contributed by atoms with Crippen LogP contribution in [-0.4, -0.2) is 20.6 Å². The van der Waals surface area contributed by atoms with E-state index >= 15 is 0 Å². The van der Waals surface area contributed by atoms with Gasteiger partial charge in [0.25, 0.3) is 0 Å². The van der Waals surface area contributed by atoms with Gasteiger partial charge in [-0.25, -0.2) is 9.18 Å². The van der Waals surface area contributed by atoms with E-state index in [0.717, 1.165) is 0 Å². The van der Waals surface area contributed by atoms with Crippen molar-refractivity contribution < 1.29 is 14.3 Å². The molecule has 0 atom stereocenters. The van der Waals surface area contributed by atoms with Crippen molar-refractivity contribution in [3.8, 4) is 0 Å². The van der Waals surface area contributed by atoms with Crippen molar-refractivity contribution in [2.75, 3.05) is 0 Å². The summed E-state index contributed by atoms with van der Waals surface area (Å²) in [5, 5.41) is 9.60. The molecule has 0 bridgehead atoms. The van der Waals surface area contributed by atoms with E-state index in [1.165, 1.54) is 12.1 Å². The fourth-order valence-electron chi connectivity index (χ4n) is 2.21. The summed E-state index contributed by atoms with van der Waals surface area (Å²) in [6, 6.07) is 6.28. The van der Waals surface area contributed by atoms with Crippen molar-refractivity contribution in [3.05, 3.63) is 35.8 Å². The summed E-state index contributed by atoms with van der Waals surface area (Å²) in [4.78, 5) is 13.7. The van der Waals surface area contributed by atoms with E-state index in [2.05, 4.69) is 4.98 Å². The number of aromatic amines is 1. The average Bonchev–Trinajstić information content (AvgIpc) is 2.81. The number of H-pyrrole nitrogens is 1. The zero-order valence-electron chi connectivity index (χ0n) is 8.99. The number of nitrogens with one attached hydrogen (secondary N) is 1. The Kier molecular flexibility index (Phi) is 1.80. The second-order valence-corrected chi connectivity index (χ2v) is 3.94. The Labute approximate surface area is 95.3 Å². The molecule has 0 fully saturated rings. The van der Waals surface area contributed by atoms with Crippen molar-refractivity contribution in [2.45, 2.75) is 0 Å². The van der Waals surface area contributed by atoms with Gasteiger partial charge in [0.05, 0.1) is 16.6 Å². The van der Waals surface area contributed by atoms with Crippen molar-refractivity contribution in [1.82, 2.24) is 9.55 Å². The van der Waals surface area contributed by atoms with Crippen molar-refractivity contribution in [2.24, 2.45) is 7.05 Å². The number of aryl methyl sites for hydroxylation is 1. The molecule has 2 N–H and O–H groups in total. The minimum atomic E-state index is -1.02. The number of carboxylic acid groups (broad SMARTS) is 1. The standard InChI is InChI=1S/C12H9FN2O2/c1-15-9-5-8(12(16)17)14-10(9)6-3-2-4-7(13)11(6)15/h2-5,14H,1H3,(H,16,17). The van der Waals surface area contributed by atoms with Crippen LogP contribution in [-0.2, 0) is 7.05 Å². The summed E-state index contributed by atoms with van der Waals surface area (Å²) in [5.74, 6) is -1.34. The number of rotatable bonds is 1. The Morgan fingerprint density at radius 3 is 2.94 bits per heavy atom. The molecule has 0 aliphatic rings. The minimum Gasteiger partial charge on any atom is -0.477 e. The predicted octanol–water partition coefficient (Wildman–Crippen LogP) is 2.50. The van der Waals surface area contributed by atoms with E-state index in [0.29, 0.717) is 21.9 Å². The van der Waals surface area contributed by atoms with Gasteiger partial charge >= 0.3 is 5.97 Å². The zero-order chi connectivity index (χ0) is 12.2.